The quantitative estimate of drug-likeness (QED) is 0.119. The summed E-state index contributed by atoms with van der Waals surface area (Å²) in [6.07, 6.45) is 3.16. The number of aromatic amines is 2. The van der Waals surface area contributed by atoms with E-state index < -0.39 is 21.6 Å². The summed E-state index contributed by atoms with van der Waals surface area (Å²) in [6, 6.07) is 14.2. The molecule has 2 aromatic carbocycles. The minimum atomic E-state index is -1.50. The average Bonchev–Trinajstić information content (AvgIpc) is 3.78. The molecule has 0 aliphatic heterocycles. The predicted octanol–water partition coefficient (Wildman–Crippen LogP) is 4.35. The zero-order chi connectivity index (χ0) is 35.7. The summed E-state index contributed by atoms with van der Waals surface area (Å²) >= 11 is 0. The molecule has 0 bridgehead atoms. The van der Waals surface area contributed by atoms with E-state index in [2.05, 4.69) is 29.9 Å². The van der Waals surface area contributed by atoms with Crippen LogP contribution in [0.3, 0.4) is 0 Å². The van der Waals surface area contributed by atoms with E-state index in [0.717, 1.165) is 0 Å². The van der Waals surface area contributed by atoms with E-state index in [-0.39, 0.29) is 11.5 Å². The fourth-order valence-electron chi connectivity index (χ4n) is 5.16. The van der Waals surface area contributed by atoms with Crippen molar-refractivity contribution in [3.05, 3.63) is 72.3 Å². The van der Waals surface area contributed by atoms with Gasteiger partial charge in [0.25, 0.3) is 0 Å². The summed E-state index contributed by atoms with van der Waals surface area (Å²) in [5, 5.41) is 0.643. The first-order valence-electron chi connectivity index (χ1n) is 15.6. The number of benzene rings is 2. The maximum absolute atomic E-state index is 13.1. The second kappa shape index (κ2) is 16.6. The Kier molecular flexibility index (Phi) is 11.6. The second-order valence-electron chi connectivity index (χ2n) is 10.7. The molecule has 4 aromatic heterocycles. The van der Waals surface area contributed by atoms with Gasteiger partial charge in [-0.2, -0.15) is 0 Å². The van der Waals surface area contributed by atoms with Crippen molar-refractivity contribution < 1.29 is 41.6 Å². The molecule has 0 radical (unpaired) electrons. The molecule has 0 aliphatic carbocycles. The van der Waals surface area contributed by atoms with Crippen LogP contribution in [0.1, 0.15) is 11.4 Å². The van der Waals surface area contributed by atoms with Gasteiger partial charge in [0.1, 0.15) is 24.7 Å². The molecule has 17 heteroatoms. The monoisotopic (exact) mass is 736 g/mol. The molecule has 2 atom stereocenters. The molecule has 51 heavy (non-hydrogen) atoms. The first-order chi connectivity index (χ1) is 24.9. The summed E-state index contributed by atoms with van der Waals surface area (Å²) in [4.78, 5) is 23.8. The highest BCUT2D eigenvalue weighted by molar-refractivity contribution is 7.84. The highest BCUT2D eigenvalue weighted by Gasteiger charge is 2.19. The van der Waals surface area contributed by atoms with Gasteiger partial charge in [-0.25, -0.2) is 9.97 Å². The molecule has 0 saturated heterocycles. The van der Waals surface area contributed by atoms with E-state index in [1.165, 1.54) is 28.4 Å². The number of rotatable bonds is 18. The minimum absolute atomic E-state index is 0.103. The third-order valence-electron chi connectivity index (χ3n) is 7.56. The van der Waals surface area contributed by atoms with Gasteiger partial charge in [-0.15, -0.1) is 0 Å². The standard InChI is InChI=1S/C34H36N6O9S2/c1-43-29-9-11-35-27(31(29)45-3)19-50(41)33-37-23-7-5-21(17-25(23)39-33)48-15-13-47-14-16-49-22-6-8-24-26(18-22)40-34(38-24)51(42)20-28-32(46-4)30(44-2)10-12-36-28/h5-12,17-18H,13-16,19-20H2,1-4H3,(H,37,39)(H,38,40). The maximum atomic E-state index is 13.1. The number of nitrogens with one attached hydrogen (secondary N) is 2. The number of methoxy groups -OCH3 is 4. The molecular weight excluding hydrogens is 701 g/mol. The molecule has 0 aliphatic rings. The highest BCUT2D eigenvalue weighted by atomic mass is 32.2. The molecular formula is C34H36N6O9S2. The Hall–Kier alpha value is -5.26. The van der Waals surface area contributed by atoms with Gasteiger partial charge in [0.2, 0.25) is 0 Å². The van der Waals surface area contributed by atoms with Crippen molar-refractivity contribution in [2.45, 2.75) is 21.8 Å². The van der Waals surface area contributed by atoms with Crippen LogP contribution in [0, 0.1) is 0 Å². The number of ether oxygens (including phenoxy) is 7. The number of fused-ring (bicyclic) bond motifs is 2. The number of hydrogen-bond acceptors (Lipinski definition) is 13. The second-order valence-corrected chi connectivity index (χ2v) is 13.4. The van der Waals surface area contributed by atoms with Crippen molar-refractivity contribution in [3.63, 3.8) is 0 Å². The SMILES string of the molecule is COc1ccnc(CS(=O)c2nc3ccc(OCCOCCOc4ccc5nc(S(=O)Cc6nccc(OC)c6OC)[nH]c5c4)cc3[nH]2)c1OC. The van der Waals surface area contributed by atoms with Crippen molar-refractivity contribution in [1.29, 1.82) is 0 Å². The first-order valence-corrected chi connectivity index (χ1v) is 18.3. The Morgan fingerprint density at radius 1 is 0.588 bits per heavy atom. The van der Waals surface area contributed by atoms with Gasteiger partial charge >= 0.3 is 0 Å². The van der Waals surface area contributed by atoms with Crippen LogP contribution in [-0.2, 0) is 37.8 Å². The maximum Gasteiger partial charge on any atom is 0.197 e. The van der Waals surface area contributed by atoms with Crippen molar-refractivity contribution in [2.75, 3.05) is 54.9 Å². The molecule has 0 fully saturated rings. The molecule has 268 valence electrons. The van der Waals surface area contributed by atoms with E-state index in [9.17, 15) is 8.42 Å². The van der Waals surface area contributed by atoms with Crippen LogP contribution in [0.5, 0.6) is 34.5 Å². The van der Waals surface area contributed by atoms with E-state index >= 15 is 0 Å². The van der Waals surface area contributed by atoms with Gasteiger partial charge < -0.3 is 43.1 Å². The zero-order valence-electron chi connectivity index (χ0n) is 28.3. The van der Waals surface area contributed by atoms with Crippen molar-refractivity contribution >= 4 is 43.7 Å². The molecule has 0 saturated carbocycles. The Balaban J connectivity index is 0.945. The van der Waals surface area contributed by atoms with E-state index in [4.69, 9.17) is 33.2 Å². The largest absolute Gasteiger partial charge is 0.493 e. The summed E-state index contributed by atoms with van der Waals surface area (Å²) in [5.74, 6) is 3.35. The molecule has 6 aromatic rings. The Labute approximate surface area is 297 Å². The van der Waals surface area contributed by atoms with Gasteiger partial charge in [0.15, 0.2) is 33.3 Å². The number of hydrogen-bond donors (Lipinski definition) is 2. The van der Waals surface area contributed by atoms with Crippen molar-refractivity contribution in [3.8, 4) is 34.5 Å². The van der Waals surface area contributed by atoms with E-state index in [1.54, 1.807) is 60.9 Å². The summed E-state index contributed by atoms with van der Waals surface area (Å²) in [5.41, 5.74) is 3.72. The van der Waals surface area contributed by atoms with Crippen LogP contribution < -0.4 is 28.4 Å². The normalized spacial score (nSPS) is 12.5. The molecule has 2 N–H and O–H groups in total. The van der Waals surface area contributed by atoms with Crippen molar-refractivity contribution in [1.82, 2.24) is 29.9 Å². The summed E-state index contributed by atoms with van der Waals surface area (Å²) in [7, 11) is 3.10. The van der Waals surface area contributed by atoms with Gasteiger partial charge in [-0.1, -0.05) is 0 Å². The van der Waals surface area contributed by atoms with Crippen LogP contribution in [0.25, 0.3) is 22.1 Å². The van der Waals surface area contributed by atoms with Crippen LogP contribution in [0.2, 0.25) is 0 Å². The fourth-order valence-corrected chi connectivity index (χ4v) is 7.19. The molecule has 15 nitrogen and oxygen atoms in total. The highest BCUT2D eigenvalue weighted by Crippen LogP contribution is 2.32. The molecule has 6 rings (SSSR count). The van der Waals surface area contributed by atoms with Gasteiger partial charge in [-0.05, 0) is 24.3 Å². The number of imidazole rings is 2. The Bertz CT molecular complexity index is 2020. The Morgan fingerprint density at radius 3 is 1.45 bits per heavy atom. The van der Waals surface area contributed by atoms with Crippen LogP contribution in [0.15, 0.2) is 71.2 Å². The number of nitrogens with zero attached hydrogens (tertiary/aromatic N) is 4. The number of pyridine rings is 2. The summed E-state index contributed by atoms with van der Waals surface area (Å²) < 4.78 is 65.0. The molecule has 4 heterocycles. The average molecular weight is 737 g/mol. The number of aromatic nitrogens is 6. The first kappa shape index (κ1) is 35.6. The number of H-pyrrole nitrogens is 2. The van der Waals surface area contributed by atoms with Gasteiger partial charge in [0, 0.05) is 36.7 Å². The van der Waals surface area contributed by atoms with Crippen LogP contribution in [0.4, 0.5) is 0 Å². The van der Waals surface area contributed by atoms with E-state index in [0.29, 0.717) is 105 Å². The molecule has 0 spiro atoms. The smallest absolute Gasteiger partial charge is 0.197 e. The molecule has 0 amide bonds. The third kappa shape index (κ3) is 8.38. The topological polar surface area (TPSA) is 182 Å². The lowest BCUT2D eigenvalue weighted by atomic mass is 10.3. The fraction of sp³-hybridized carbons (Fsp3) is 0.294. The van der Waals surface area contributed by atoms with Gasteiger partial charge in [0.05, 0.1) is 108 Å². The predicted molar refractivity (Wildman–Crippen MR) is 189 cm³/mol. The minimum Gasteiger partial charge on any atom is -0.493 e. The lowest BCUT2D eigenvalue weighted by Gasteiger charge is -2.10. The van der Waals surface area contributed by atoms with Crippen molar-refractivity contribution in [2.24, 2.45) is 0 Å². The molecule has 2 unspecified atom stereocenters. The summed E-state index contributed by atoms with van der Waals surface area (Å²) in [6.45, 7) is 1.32. The lowest BCUT2D eigenvalue weighted by Crippen LogP contribution is -2.12. The third-order valence-corrected chi connectivity index (χ3v) is 9.88. The Morgan fingerprint density at radius 2 is 1.04 bits per heavy atom. The van der Waals surface area contributed by atoms with E-state index in [1.807, 2.05) is 0 Å². The zero-order valence-corrected chi connectivity index (χ0v) is 29.9. The lowest BCUT2D eigenvalue weighted by molar-refractivity contribution is 0.0765. The van der Waals surface area contributed by atoms with Gasteiger partial charge in [-0.3, -0.25) is 18.4 Å². The van der Waals surface area contributed by atoms with Crippen LogP contribution in [-0.4, -0.2) is 93.2 Å². The van der Waals surface area contributed by atoms with Crippen LogP contribution >= 0.6 is 0 Å².